The molecule has 0 saturated heterocycles. The second-order valence-electron chi connectivity index (χ2n) is 10.3. The summed E-state index contributed by atoms with van der Waals surface area (Å²) in [5.74, 6) is 0. The third kappa shape index (κ3) is 4.55. The van der Waals surface area contributed by atoms with Crippen molar-refractivity contribution in [3.8, 4) is 5.00 Å². The fourth-order valence-corrected chi connectivity index (χ4v) is 7.16. The first-order chi connectivity index (χ1) is 18.1. The third-order valence-corrected chi connectivity index (χ3v) is 9.03. The fraction of sp³-hybridized carbons (Fsp3) is 0.323. The van der Waals surface area contributed by atoms with Gasteiger partial charge in [0.1, 0.15) is 5.00 Å². The molecule has 0 spiro atoms. The van der Waals surface area contributed by atoms with Crippen LogP contribution in [-0.2, 0) is 25.8 Å². The number of aromatic nitrogens is 1. The number of benzene rings is 2. The highest BCUT2D eigenvalue weighted by Gasteiger charge is 2.36. The van der Waals surface area contributed by atoms with Crippen molar-refractivity contribution in [2.75, 3.05) is 25.5 Å². The molecule has 2 amide bonds. The van der Waals surface area contributed by atoms with E-state index < -0.39 is 0 Å². The van der Waals surface area contributed by atoms with Crippen LogP contribution in [0.2, 0.25) is 0 Å². The normalized spacial score (nSPS) is 16.4. The van der Waals surface area contributed by atoms with Gasteiger partial charge in [-0.2, -0.15) is 0 Å². The van der Waals surface area contributed by atoms with Gasteiger partial charge in [0.25, 0.3) is 0 Å². The zero-order chi connectivity index (χ0) is 25.4. The highest BCUT2D eigenvalue weighted by molar-refractivity contribution is 7.15. The average molecular weight is 511 g/mol. The van der Waals surface area contributed by atoms with Crippen molar-refractivity contribution in [1.82, 2.24) is 14.8 Å². The highest BCUT2D eigenvalue weighted by atomic mass is 32.1. The van der Waals surface area contributed by atoms with Gasteiger partial charge in [0.15, 0.2) is 0 Å². The number of nitrogens with one attached hydrogen (secondary N) is 1. The molecule has 6 rings (SSSR count). The summed E-state index contributed by atoms with van der Waals surface area (Å²) in [6.07, 6.45) is 7.75. The van der Waals surface area contributed by atoms with Crippen LogP contribution in [0.5, 0.6) is 0 Å². The summed E-state index contributed by atoms with van der Waals surface area (Å²) in [6, 6.07) is 23.1. The average Bonchev–Trinajstić information content (AvgIpc) is 3.51. The molecule has 1 aliphatic heterocycles. The minimum absolute atomic E-state index is 0.00558. The number of thiophene rings is 1. The minimum Gasteiger partial charge on any atom is -0.378 e. The highest BCUT2D eigenvalue weighted by Crippen LogP contribution is 2.44. The van der Waals surface area contributed by atoms with Crippen molar-refractivity contribution in [3.63, 3.8) is 0 Å². The Morgan fingerprint density at radius 3 is 2.54 bits per heavy atom. The molecule has 1 N–H and O–H groups in total. The lowest BCUT2D eigenvalue weighted by atomic mass is 9.95. The molecule has 0 fully saturated rings. The Morgan fingerprint density at radius 2 is 1.76 bits per heavy atom. The van der Waals surface area contributed by atoms with Crippen molar-refractivity contribution in [1.29, 1.82) is 0 Å². The second-order valence-corrected chi connectivity index (χ2v) is 11.4. The number of aryl methyl sites for hydroxylation is 1. The van der Waals surface area contributed by atoms with Crippen LogP contribution in [0.4, 0.5) is 10.5 Å². The number of anilines is 1. The summed E-state index contributed by atoms with van der Waals surface area (Å²) in [5.41, 5.74) is 7.48. The molecule has 2 aliphatic rings. The summed E-state index contributed by atoms with van der Waals surface area (Å²) < 4.78 is 2.35. The van der Waals surface area contributed by atoms with E-state index in [1.807, 2.05) is 17.4 Å². The first-order valence-corrected chi connectivity index (χ1v) is 14.1. The number of urea groups is 1. The van der Waals surface area contributed by atoms with Crippen LogP contribution in [0, 0.1) is 0 Å². The van der Waals surface area contributed by atoms with E-state index in [0.717, 1.165) is 36.2 Å². The molecule has 2 aromatic carbocycles. The third-order valence-electron chi connectivity index (χ3n) is 7.70. The standard InChI is InChI=1S/C31H34N4OS/c1-33(2)24-16-14-23(15-17-24)29-27-12-8-20-34(27)30-26(25-11-6-7-13-28(25)37-30)21-35(29)31(36)32-19-18-22-9-4-3-5-10-22/h3-5,8-10,12,14-17,20,29H,6-7,11,13,18-19,21H2,1-2H3,(H,32,36). The van der Waals surface area contributed by atoms with Gasteiger partial charge in [-0.15, -0.1) is 11.3 Å². The molecule has 1 aliphatic carbocycles. The number of carbonyl (C=O) groups excluding carboxylic acids is 1. The van der Waals surface area contributed by atoms with Crippen LogP contribution in [-0.4, -0.2) is 36.1 Å². The first kappa shape index (κ1) is 23.9. The zero-order valence-corrected chi connectivity index (χ0v) is 22.4. The Hall–Kier alpha value is -3.51. The quantitative estimate of drug-likeness (QED) is 0.340. The van der Waals surface area contributed by atoms with E-state index in [9.17, 15) is 4.79 Å². The lowest BCUT2D eigenvalue weighted by molar-refractivity contribution is 0.180. The van der Waals surface area contributed by atoms with Crippen LogP contribution in [0.25, 0.3) is 5.00 Å². The Kier molecular flexibility index (Phi) is 6.51. The number of rotatable bonds is 5. The van der Waals surface area contributed by atoms with Gasteiger partial charge in [-0.1, -0.05) is 42.5 Å². The van der Waals surface area contributed by atoms with Crippen molar-refractivity contribution in [3.05, 3.63) is 106 Å². The predicted molar refractivity (Wildman–Crippen MR) is 152 cm³/mol. The van der Waals surface area contributed by atoms with Gasteiger partial charge in [-0.05, 0) is 73.1 Å². The molecule has 190 valence electrons. The monoisotopic (exact) mass is 510 g/mol. The molecule has 1 unspecified atom stereocenters. The summed E-state index contributed by atoms with van der Waals surface area (Å²) in [7, 11) is 4.11. The van der Waals surface area contributed by atoms with Crippen molar-refractivity contribution < 1.29 is 4.79 Å². The van der Waals surface area contributed by atoms with Crippen LogP contribution in [0.15, 0.2) is 72.9 Å². The maximum atomic E-state index is 13.9. The maximum Gasteiger partial charge on any atom is 0.318 e. The van der Waals surface area contributed by atoms with Crippen LogP contribution < -0.4 is 10.2 Å². The molecule has 3 heterocycles. The lowest BCUT2D eigenvalue weighted by Gasteiger charge is -2.31. The zero-order valence-electron chi connectivity index (χ0n) is 21.6. The van der Waals surface area contributed by atoms with Crippen LogP contribution >= 0.6 is 11.3 Å². The van der Waals surface area contributed by atoms with Crippen molar-refractivity contribution >= 4 is 23.1 Å². The molecule has 1 atom stereocenters. The van der Waals surface area contributed by atoms with Crippen LogP contribution in [0.1, 0.15) is 51.7 Å². The molecule has 6 heteroatoms. The Bertz CT molecular complexity index is 1390. The molecule has 5 nitrogen and oxygen atoms in total. The van der Waals surface area contributed by atoms with Gasteiger partial charge in [0.2, 0.25) is 0 Å². The largest absolute Gasteiger partial charge is 0.378 e. The summed E-state index contributed by atoms with van der Waals surface area (Å²) >= 11 is 1.93. The number of nitrogens with zero attached hydrogens (tertiary/aromatic N) is 3. The van der Waals surface area contributed by atoms with Crippen molar-refractivity contribution in [2.45, 2.75) is 44.7 Å². The Morgan fingerprint density at radius 1 is 0.973 bits per heavy atom. The predicted octanol–water partition coefficient (Wildman–Crippen LogP) is 6.34. The number of fused-ring (bicyclic) bond motifs is 5. The SMILES string of the molecule is CN(C)c1ccc(C2c3cccn3-c3sc4c(c3CN2C(=O)NCCc2ccccc2)CCCC4)cc1. The first-order valence-electron chi connectivity index (χ1n) is 13.3. The Labute approximate surface area is 223 Å². The van der Waals surface area contributed by atoms with Crippen molar-refractivity contribution in [2.24, 2.45) is 0 Å². The van der Waals surface area contributed by atoms with E-state index in [4.69, 9.17) is 0 Å². The van der Waals surface area contributed by atoms with Gasteiger partial charge in [-0.3, -0.25) is 0 Å². The minimum atomic E-state index is -0.165. The maximum absolute atomic E-state index is 13.9. The smallest absolute Gasteiger partial charge is 0.318 e. The topological polar surface area (TPSA) is 40.5 Å². The van der Waals surface area contributed by atoms with Gasteiger partial charge in [0.05, 0.1) is 18.3 Å². The second kappa shape index (κ2) is 10.1. The summed E-state index contributed by atoms with van der Waals surface area (Å²) in [6.45, 7) is 1.24. The molecule has 0 radical (unpaired) electrons. The van der Waals surface area contributed by atoms with Gasteiger partial charge in [-0.25, -0.2) is 4.79 Å². The molecular formula is C31H34N4OS. The van der Waals surface area contributed by atoms with Gasteiger partial charge < -0.3 is 19.7 Å². The molecular weight excluding hydrogens is 476 g/mol. The van der Waals surface area contributed by atoms with E-state index in [1.165, 1.54) is 39.4 Å². The lowest BCUT2D eigenvalue weighted by Crippen LogP contribution is -2.42. The van der Waals surface area contributed by atoms with E-state index >= 15 is 0 Å². The molecule has 2 aromatic heterocycles. The number of hydrogen-bond acceptors (Lipinski definition) is 3. The number of hydrogen-bond donors (Lipinski definition) is 1. The Balaban J connectivity index is 1.38. The number of amides is 2. The van der Waals surface area contributed by atoms with E-state index in [2.05, 4.69) is 101 Å². The van der Waals surface area contributed by atoms with E-state index in [1.54, 1.807) is 0 Å². The molecule has 37 heavy (non-hydrogen) atoms. The van der Waals surface area contributed by atoms with Gasteiger partial charge >= 0.3 is 6.03 Å². The summed E-state index contributed by atoms with van der Waals surface area (Å²) in [4.78, 5) is 19.6. The fourth-order valence-electron chi connectivity index (χ4n) is 5.75. The van der Waals surface area contributed by atoms with Gasteiger partial charge in [0, 0.05) is 43.0 Å². The molecule has 0 bridgehead atoms. The van der Waals surface area contributed by atoms with Crippen LogP contribution in [0.3, 0.4) is 0 Å². The summed E-state index contributed by atoms with van der Waals surface area (Å²) in [5, 5.41) is 4.55. The molecule has 0 saturated carbocycles. The van der Waals surface area contributed by atoms with E-state index in [-0.39, 0.29) is 12.1 Å². The molecule has 4 aromatic rings. The number of carbonyl (C=O) groups is 1. The van der Waals surface area contributed by atoms with E-state index in [0.29, 0.717) is 13.1 Å².